The van der Waals surface area contributed by atoms with Crippen molar-refractivity contribution >= 4 is 11.8 Å². The van der Waals surface area contributed by atoms with Crippen LogP contribution in [0.1, 0.15) is 37.4 Å². The highest BCUT2D eigenvalue weighted by molar-refractivity contribution is 5.90. The Hall–Kier alpha value is -2.04. The van der Waals surface area contributed by atoms with Gasteiger partial charge in [0.15, 0.2) is 0 Å². The van der Waals surface area contributed by atoms with Gasteiger partial charge in [-0.05, 0) is 31.1 Å². The molecule has 0 bridgehead atoms. The van der Waals surface area contributed by atoms with Gasteiger partial charge in [0.2, 0.25) is 11.8 Å². The second-order valence-electron chi connectivity index (χ2n) is 6.58. The molecule has 0 saturated carbocycles. The maximum Gasteiger partial charge on any atom is 0.246 e. The van der Waals surface area contributed by atoms with Gasteiger partial charge in [-0.2, -0.15) is 0 Å². The van der Waals surface area contributed by atoms with Crippen molar-refractivity contribution in [3.63, 3.8) is 0 Å². The van der Waals surface area contributed by atoms with E-state index in [0.717, 1.165) is 25.8 Å². The van der Waals surface area contributed by atoms with Crippen molar-refractivity contribution in [2.45, 2.75) is 31.7 Å². The zero-order valence-electron chi connectivity index (χ0n) is 13.8. The maximum atomic E-state index is 13.0. The molecule has 0 radical (unpaired) electrons. The molecule has 124 valence electrons. The van der Waals surface area contributed by atoms with Crippen LogP contribution in [0.25, 0.3) is 0 Å². The van der Waals surface area contributed by atoms with Gasteiger partial charge >= 0.3 is 0 Å². The summed E-state index contributed by atoms with van der Waals surface area (Å²) in [6, 6.07) is 4.32. The molecular weight excluding hydrogens is 290 g/mol. The van der Waals surface area contributed by atoms with Crippen molar-refractivity contribution in [2.24, 2.45) is 13.0 Å². The lowest BCUT2D eigenvalue weighted by Crippen LogP contribution is -2.56. The summed E-state index contributed by atoms with van der Waals surface area (Å²) in [4.78, 5) is 28.3. The van der Waals surface area contributed by atoms with E-state index >= 15 is 0 Å². The van der Waals surface area contributed by atoms with E-state index in [2.05, 4.69) is 22.1 Å². The Morgan fingerprint density at radius 1 is 1.26 bits per heavy atom. The van der Waals surface area contributed by atoms with Crippen LogP contribution in [0, 0.1) is 5.92 Å². The van der Waals surface area contributed by atoms with Gasteiger partial charge in [0, 0.05) is 38.6 Å². The Morgan fingerprint density at radius 2 is 2.04 bits per heavy atom. The van der Waals surface area contributed by atoms with Gasteiger partial charge in [-0.1, -0.05) is 19.4 Å². The molecule has 1 atom stereocenters. The molecule has 5 nitrogen and oxygen atoms in total. The molecular formula is C18H25N3O2. The summed E-state index contributed by atoms with van der Waals surface area (Å²) in [6.07, 6.45) is 7.78. The molecule has 5 heteroatoms. The number of rotatable bonds is 3. The fourth-order valence-corrected chi connectivity index (χ4v) is 3.68. The SMILES string of the molecule is C=CC(=O)N1CC(C(=O)N2CCCCCC2c2cccn2C)C1. The predicted octanol–water partition coefficient (Wildman–Crippen LogP) is 2.11. The van der Waals surface area contributed by atoms with Crippen LogP contribution in [0.4, 0.5) is 0 Å². The van der Waals surface area contributed by atoms with E-state index in [9.17, 15) is 9.59 Å². The normalized spacial score (nSPS) is 22.4. The largest absolute Gasteiger partial charge is 0.353 e. The molecule has 0 N–H and O–H groups in total. The molecule has 1 unspecified atom stereocenters. The first-order valence-electron chi connectivity index (χ1n) is 8.45. The van der Waals surface area contributed by atoms with Gasteiger partial charge in [-0.3, -0.25) is 9.59 Å². The number of likely N-dealkylation sites (tertiary alicyclic amines) is 2. The first-order chi connectivity index (χ1) is 11.1. The highest BCUT2D eigenvalue weighted by atomic mass is 16.2. The number of hydrogen-bond acceptors (Lipinski definition) is 2. The van der Waals surface area contributed by atoms with Crippen molar-refractivity contribution in [1.29, 1.82) is 0 Å². The maximum absolute atomic E-state index is 13.0. The molecule has 2 fully saturated rings. The van der Waals surface area contributed by atoms with E-state index in [1.807, 2.05) is 19.3 Å². The molecule has 2 saturated heterocycles. The molecule has 3 heterocycles. The summed E-state index contributed by atoms with van der Waals surface area (Å²) in [6.45, 7) is 5.38. The van der Waals surface area contributed by atoms with Crippen molar-refractivity contribution in [2.75, 3.05) is 19.6 Å². The third-order valence-electron chi connectivity index (χ3n) is 5.08. The standard InChI is InChI=1S/C18H25N3O2/c1-3-17(22)20-12-14(13-20)18(23)21-11-6-4-5-8-16(21)15-9-7-10-19(15)2/h3,7,9-10,14,16H,1,4-6,8,11-13H2,2H3. The van der Waals surface area contributed by atoms with Gasteiger partial charge < -0.3 is 14.4 Å². The van der Waals surface area contributed by atoms with Crippen LogP contribution in [0.2, 0.25) is 0 Å². The predicted molar refractivity (Wildman–Crippen MR) is 88.6 cm³/mol. The number of aromatic nitrogens is 1. The van der Waals surface area contributed by atoms with E-state index in [1.165, 1.54) is 18.2 Å². The summed E-state index contributed by atoms with van der Waals surface area (Å²) in [5.74, 6) is 0.0647. The lowest BCUT2D eigenvalue weighted by Gasteiger charge is -2.42. The Labute approximate surface area is 137 Å². The van der Waals surface area contributed by atoms with E-state index in [1.54, 1.807) is 4.90 Å². The van der Waals surface area contributed by atoms with E-state index in [4.69, 9.17) is 0 Å². The van der Waals surface area contributed by atoms with Gasteiger partial charge in [-0.25, -0.2) is 0 Å². The minimum Gasteiger partial charge on any atom is -0.353 e. The molecule has 2 aliphatic rings. The minimum atomic E-state index is -0.0797. The summed E-state index contributed by atoms with van der Waals surface area (Å²) >= 11 is 0. The second-order valence-corrected chi connectivity index (χ2v) is 6.58. The summed E-state index contributed by atoms with van der Waals surface area (Å²) in [5.41, 5.74) is 1.21. The van der Waals surface area contributed by atoms with Crippen molar-refractivity contribution in [1.82, 2.24) is 14.4 Å². The van der Waals surface area contributed by atoms with Gasteiger partial charge in [0.25, 0.3) is 0 Å². The monoisotopic (exact) mass is 315 g/mol. The van der Waals surface area contributed by atoms with Crippen LogP contribution in [-0.4, -0.2) is 45.8 Å². The van der Waals surface area contributed by atoms with Crippen LogP contribution in [0.15, 0.2) is 31.0 Å². The van der Waals surface area contributed by atoms with Gasteiger partial charge in [-0.15, -0.1) is 0 Å². The Morgan fingerprint density at radius 3 is 2.70 bits per heavy atom. The van der Waals surface area contributed by atoms with Crippen LogP contribution >= 0.6 is 0 Å². The van der Waals surface area contributed by atoms with Crippen LogP contribution in [0.3, 0.4) is 0 Å². The average Bonchev–Trinajstić information content (AvgIpc) is 2.78. The Kier molecular flexibility index (Phi) is 4.55. The molecule has 1 aromatic rings. The summed E-state index contributed by atoms with van der Waals surface area (Å²) < 4.78 is 2.12. The van der Waals surface area contributed by atoms with Crippen molar-refractivity contribution < 1.29 is 9.59 Å². The molecule has 2 amide bonds. The number of carbonyl (C=O) groups excluding carboxylic acids is 2. The quantitative estimate of drug-likeness (QED) is 0.802. The molecule has 3 rings (SSSR count). The summed E-state index contributed by atoms with van der Waals surface area (Å²) in [7, 11) is 2.04. The highest BCUT2D eigenvalue weighted by Gasteiger charge is 2.39. The summed E-state index contributed by atoms with van der Waals surface area (Å²) in [5, 5.41) is 0. The second kappa shape index (κ2) is 6.60. The molecule has 0 aromatic carbocycles. The first-order valence-corrected chi connectivity index (χ1v) is 8.45. The number of hydrogen-bond donors (Lipinski definition) is 0. The number of nitrogens with zero attached hydrogens (tertiary/aromatic N) is 3. The fraction of sp³-hybridized carbons (Fsp3) is 0.556. The zero-order chi connectivity index (χ0) is 16.4. The third kappa shape index (κ3) is 3.05. The van der Waals surface area contributed by atoms with Crippen molar-refractivity contribution in [3.8, 4) is 0 Å². The average molecular weight is 315 g/mol. The van der Waals surface area contributed by atoms with Crippen LogP contribution in [-0.2, 0) is 16.6 Å². The number of aryl methyl sites for hydroxylation is 1. The molecule has 23 heavy (non-hydrogen) atoms. The molecule has 1 aromatic heterocycles. The van der Waals surface area contributed by atoms with E-state index in [-0.39, 0.29) is 23.8 Å². The van der Waals surface area contributed by atoms with Crippen LogP contribution < -0.4 is 0 Å². The topological polar surface area (TPSA) is 45.6 Å². The smallest absolute Gasteiger partial charge is 0.246 e. The molecule has 2 aliphatic heterocycles. The number of carbonyl (C=O) groups is 2. The van der Waals surface area contributed by atoms with Crippen molar-refractivity contribution in [3.05, 3.63) is 36.7 Å². The number of amides is 2. The fourth-order valence-electron chi connectivity index (χ4n) is 3.68. The lowest BCUT2D eigenvalue weighted by atomic mass is 9.96. The molecule has 0 spiro atoms. The zero-order valence-corrected chi connectivity index (χ0v) is 13.8. The Bertz CT molecular complexity index is 601. The highest BCUT2D eigenvalue weighted by Crippen LogP contribution is 2.32. The Balaban J connectivity index is 1.73. The van der Waals surface area contributed by atoms with E-state index < -0.39 is 0 Å². The molecule has 0 aliphatic carbocycles. The third-order valence-corrected chi connectivity index (χ3v) is 5.08. The van der Waals surface area contributed by atoms with Gasteiger partial charge in [0.1, 0.15) is 0 Å². The lowest BCUT2D eigenvalue weighted by molar-refractivity contribution is -0.148. The van der Waals surface area contributed by atoms with Crippen LogP contribution in [0.5, 0.6) is 0 Å². The first kappa shape index (κ1) is 15.8. The van der Waals surface area contributed by atoms with E-state index in [0.29, 0.717) is 13.1 Å². The van der Waals surface area contributed by atoms with Gasteiger partial charge in [0.05, 0.1) is 12.0 Å². The minimum absolute atomic E-state index is 0.0558.